The monoisotopic (exact) mass is 313 g/mol. The first kappa shape index (κ1) is 16.3. The van der Waals surface area contributed by atoms with E-state index < -0.39 is 0 Å². The van der Waals surface area contributed by atoms with Crippen LogP contribution in [0.1, 0.15) is 47.2 Å². The predicted octanol–water partition coefficient (Wildman–Crippen LogP) is 3.62. The van der Waals surface area contributed by atoms with Crippen LogP contribution >= 0.6 is 0 Å². The molecular formula is C20H27NO2. The smallest absolute Gasteiger partial charge is 0.253 e. The molecule has 0 saturated carbocycles. The molecule has 2 aliphatic rings. The fraction of sp³-hybridized carbons (Fsp3) is 0.550. The molecule has 3 rings (SSSR count). The van der Waals surface area contributed by atoms with E-state index in [1.54, 1.807) is 6.08 Å². The van der Waals surface area contributed by atoms with Crippen LogP contribution in [0.3, 0.4) is 0 Å². The Morgan fingerprint density at radius 2 is 1.96 bits per heavy atom. The highest BCUT2D eigenvalue weighted by Gasteiger charge is 2.24. The third kappa shape index (κ3) is 4.03. The minimum absolute atomic E-state index is 0.198. The van der Waals surface area contributed by atoms with Gasteiger partial charge in [-0.3, -0.25) is 4.79 Å². The number of fused-ring (bicyclic) bond motifs is 1. The SMILES string of the molecule is C=CCOCC1CCN(C(=O)c2ccc3c(c2)CCCC3)CC1. The summed E-state index contributed by atoms with van der Waals surface area (Å²) in [5.41, 5.74) is 3.69. The average molecular weight is 313 g/mol. The summed E-state index contributed by atoms with van der Waals surface area (Å²) >= 11 is 0. The molecular weight excluding hydrogens is 286 g/mol. The third-order valence-electron chi connectivity index (χ3n) is 5.09. The molecule has 0 bridgehead atoms. The van der Waals surface area contributed by atoms with Gasteiger partial charge >= 0.3 is 0 Å². The van der Waals surface area contributed by atoms with Crippen molar-refractivity contribution in [3.63, 3.8) is 0 Å². The van der Waals surface area contributed by atoms with Gasteiger partial charge < -0.3 is 9.64 Å². The molecule has 0 unspecified atom stereocenters. The molecule has 0 radical (unpaired) electrons. The number of ether oxygens (including phenoxy) is 1. The van der Waals surface area contributed by atoms with Gasteiger partial charge in [0.1, 0.15) is 0 Å². The number of likely N-dealkylation sites (tertiary alicyclic amines) is 1. The standard InChI is InChI=1S/C20H27NO2/c1-2-13-23-15-16-9-11-21(12-10-16)20(22)19-8-7-17-5-3-4-6-18(17)14-19/h2,7-8,14,16H,1,3-6,9-13,15H2. The quantitative estimate of drug-likeness (QED) is 0.614. The average Bonchev–Trinajstić information content (AvgIpc) is 2.61. The second-order valence-electron chi connectivity index (χ2n) is 6.75. The van der Waals surface area contributed by atoms with Crippen molar-refractivity contribution in [2.75, 3.05) is 26.3 Å². The van der Waals surface area contributed by atoms with Crippen LogP contribution in [0.15, 0.2) is 30.9 Å². The Morgan fingerprint density at radius 1 is 1.22 bits per heavy atom. The van der Waals surface area contributed by atoms with Crippen LogP contribution in [0.25, 0.3) is 0 Å². The van der Waals surface area contributed by atoms with E-state index in [1.807, 2.05) is 11.0 Å². The van der Waals surface area contributed by atoms with Crippen molar-refractivity contribution >= 4 is 5.91 Å². The second kappa shape index (κ2) is 7.78. The van der Waals surface area contributed by atoms with Crippen molar-refractivity contribution in [3.8, 4) is 0 Å². The molecule has 1 saturated heterocycles. The van der Waals surface area contributed by atoms with Crippen molar-refractivity contribution in [1.29, 1.82) is 0 Å². The van der Waals surface area contributed by atoms with Crippen LogP contribution in [-0.4, -0.2) is 37.1 Å². The Morgan fingerprint density at radius 3 is 2.70 bits per heavy atom. The van der Waals surface area contributed by atoms with Gasteiger partial charge in [-0.25, -0.2) is 0 Å². The van der Waals surface area contributed by atoms with E-state index >= 15 is 0 Å². The largest absolute Gasteiger partial charge is 0.377 e. The maximum Gasteiger partial charge on any atom is 0.253 e. The van der Waals surface area contributed by atoms with Crippen molar-refractivity contribution in [2.45, 2.75) is 38.5 Å². The number of hydrogen-bond donors (Lipinski definition) is 0. The molecule has 1 fully saturated rings. The molecule has 1 aliphatic heterocycles. The maximum absolute atomic E-state index is 12.7. The Labute approximate surface area is 139 Å². The van der Waals surface area contributed by atoms with Gasteiger partial charge in [-0.1, -0.05) is 12.1 Å². The summed E-state index contributed by atoms with van der Waals surface area (Å²) in [6, 6.07) is 6.32. The Balaban J connectivity index is 1.56. The zero-order chi connectivity index (χ0) is 16.1. The normalized spacial score (nSPS) is 18.5. The van der Waals surface area contributed by atoms with Crippen molar-refractivity contribution in [2.24, 2.45) is 5.92 Å². The van der Waals surface area contributed by atoms with Gasteiger partial charge in [0.2, 0.25) is 0 Å². The Hall–Kier alpha value is -1.61. The summed E-state index contributed by atoms with van der Waals surface area (Å²) in [6.07, 6.45) is 8.68. The van der Waals surface area contributed by atoms with Gasteiger partial charge in [0.25, 0.3) is 5.91 Å². The van der Waals surface area contributed by atoms with Crippen LogP contribution in [0, 0.1) is 5.92 Å². The molecule has 1 aliphatic carbocycles. The van der Waals surface area contributed by atoms with Crippen LogP contribution in [-0.2, 0) is 17.6 Å². The van der Waals surface area contributed by atoms with E-state index in [4.69, 9.17) is 4.74 Å². The first-order chi connectivity index (χ1) is 11.3. The number of carbonyl (C=O) groups excluding carboxylic acids is 1. The molecule has 0 spiro atoms. The molecule has 0 aromatic heterocycles. The van der Waals surface area contributed by atoms with Crippen molar-refractivity contribution in [1.82, 2.24) is 4.90 Å². The van der Waals surface area contributed by atoms with Crippen LogP contribution in [0.4, 0.5) is 0 Å². The third-order valence-corrected chi connectivity index (χ3v) is 5.09. The second-order valence-corrected chi connectivity index (χ2v) is 6.75. The molecule has 3 heteroatoms. The Kier molecular flexibility index (Phi) is 5.50. The highest BCUT2D eigenvalue weighted by atomic mass is 16.5. The summed E-state index contributed by atoms with van der Waals surface area (Å²) in [6.45, 7) is 6.76. The first-order valence-corrected chi connectivity index (χ1v) is 8.87. The van der Waals surface area contributed by atoms with E-state index in [-0.39, 0.29) is 5.91 Å². The number of benzene rings is 1. The number of nitrogens with zero attached hydrogens (tertiary/aromatic N) is 1. The van der Waals surface area contributed by atoms with Gasteiger partial charge in [-0.15, -0.1) is 6.58 Å². The molecule has 0 atom stereocenters. The molecule has 1 amide bonds. The highest BCUT2D eigenvalue weighted by molar-refractivity contribution is 5.94. The van der Waals surface area contributed by atoms with E-state index in [1.165, 1.54) is 30.4 Å². The maximum atomic E-state index is 12.7. The number of aryl methyl sites for hydroxylation is 2. The number of amides is 1. The minimum atomic E-state index is 0.198. The van der Waals surface area contributed by atoms with Gasteiger partial charge in [0, 0.05) is 25.3 Å². The molecule has 1 aromatic rings. The lowest BCUT2D eigenvalue weighted by Gasteiger charge is -2.32. The zero-order valence-corrected chi connectivity index (χ0v) is 13.9. The lowest BCUT2D eigenvalue weighted by molar-refractivity contribution is 0.0575. The van der Waals surface area contributed by atoms with E-state index in [2.05, 4.69) is 18.7 Å². The van der Waals surface area contributed by atoms with Gasteiger partial charge in [0.05, 0.1) is 6.61 Å². The fourth-order valence-electron chi connectivity index (χ4n) is 3.67. The van der Waals surface area contributed by atoms with Crippen LogP contribution in [0.2, 0.25) is 0 Å². The van der Waals surface area contributed by atoms with Gasteiger partial charge in [-0.05, 0) is 67.7 Å². The number of hydrogen-bond acceptors (Lipinski definition) is 2. The van der Waals surface area contributed by atoms with Crippen molar-refractivity contribution in [3.05, 3.63) is 47.5 Å². The zero-order valence-electron chi connectivity index (χ0n) is 13.9. The van der Waals surface area contributed by atoms with Crippen LogP contribution in [0.5, 0.6) is 0 Å². The van der Waals surface area contributed by atoms with E-state index in [0.29, 0.717) is 12.5 Å². The molecule has 124 valence electrons. The fourth-order valence-corrected chi connectivity index (χ4v) is 3.67. The van der Waals surface area contributed by atoms with E-state index in [9.17, 15) is 4.79 Å². The predicted molar refractivity (Wildman–Crippen MR) is 92.7 cm³/mol. The molecule has 23 heavy (non-hydrogen) atoms. The summed E-state index contributed by atoms with van der Waals surface area (Å²) in [5.74, 6) is 0.770. The molecule has 1 aromatic carbocycles. The summed E-state index contributed by atoms with van der Waals surface area (Å²) in [7, 11) is 0. The van der Waals surface area contributed by atoms with Gasteiger partial charge in [-0.2, -0.15) is 0 Å². The van der Waals surface area contributed by atoms with Crippen LogP contribution < -0.4 is 0 Å². The highest BCUT2D eigenvalue weighted by Crippen LogP contribution is 2.24. The van der Waals surface area contributed by atoms with Gasteiger partial charge in [0.15, 0.2) is 0 Å². The summed E-state index contributed by atoms with van der Waals surface area (Å²) in [4.78, 5) is 14.7. The molecule has 3 nitrogen and oxygen atoms in total. The number of carbonyl (C=O) groups is 1. The Bertz CT molecular complexity index is 559. The van der Waals surface area contributed by atoms with Crippen molar-refractivity contribution < 1.29 is 9.53 Å². The minimum Gasteiger partial charge on any atom is -0.377 e. The topological polar surface area (TPSA) is 29.5 Å². The summed E-state index contributed by atoms with van der Waals surface area (Å²) in [5, 5.41) is 0. The number of rotatable bonds is 5. The first-order valence-electron chi connectivity index (χ1n) is 8.87. The molecule has 0 N–H and O–H groups in total. The molecule has 1 heterocycles. The number of piperidine rings is 1. The van der Waals surface area contributed by atoms with E-state index in [0.717, 1.165) is 44.5 Å². The lowest BCUT2D eigenvalue weighted by atomic mass is 9.90. The lowest BCUT2D eigenvalue weighted by Crippen LogP contribution is -2.39. The summed E-state index contributed by atoms with van der Waals surface area (Å²) < 4.78 is 5.54.